The Balaban J connectivity index is 1.80. The Hall–Kier alpha value is -2.82. The maximum absolute atomic E-state index is 11.4. The fourth-order valence-electron chi connectivity index (χ4n) is 2.23. The Labute approximate surface area is 121 Å². The van der Waals surface area contributed by atoms with Gasteiger partial charge in [0.15, 0.2) is 5.69 Å². The van der Waals surface area contributed by atoms with Crippen molar-refractivity contribution in [1.29, 1.82) is 0 Å². The summed E-state index contributed by atoms with van der Waals surface area (Å²) >= 11 is 0. The Morgan fingerprint density at radius 2 is 1.90 bits per heavy atom. The number of fused-ring (bicyclic) bond motifs is 1. The zero-order valence-corrected chi connectivity index (χ0v) is 11.3. The van der Waals surface area contributed by atoms with Gasteiger partial charge in [0.1, 0.15) is 11.4 Å². The highest BCUT2D eigenvalue weighted by atomic mass is 16.5. The van der Waals surface area contributed by atoms with Crippen LogP contribution in [0.15, 0.2) is 54.7 Å². The van der Waals surface area contributed by atoms with Crippen LogP contribution in [0.2, 0.25) is 0 Å². The average molecular weight is 282 g/mol. The minimum atomic E-state index is -0.983. The van der Waals surface area contributed by atoms with Crippen LogP contribution in [0, 0.1) is 0 Å². The van der Waals surface area contributed by atoms with Gasteiger partial charge in [-0.3, -0.25) is 4.40 Å². The highest BCUT2D eigenvalue weighted by molar-refractivity contribution is 5.88. The van der Waals surface area contributed by atoms with E-state index in [-0.39, 0.29) is 5.69 Å². The number of ether oxygens (including phenoxy) is 1. The second-order valence-electron chi connectivity index (χ2n) is 4.55. The zero-order valence-electron chi connectivity index (χ0n) is 11.3. The smallest absolute Gasteiger partial charge is 0.354 e. The number of pyridine rings is 1. The van der Waals surface area contributed by atoms with Crippen molar-refractivity contribution >= 4 is 11.6 Å². The van der Waals surface area contributed by atoms with Crippen LogP contribution in [-0.2, 0) is 6.42 Å². The number of imidazole rings is 1. The molecular formula is C16H14N2O3. The van der Waals surface area contributed by atoms with Crippen molar-refractivity contribution in [3.05, 3.63) is 66.1 Å². The maximum Gasteiger partial charge on any atom is 0.354 e. The van der Waals surface area contributed by atoms with E-state index in [0.717, 1.165) is 5.75 Å². The van der Waals surface area contributed by atoms with E-state index in [1.165, 1.54) is 0 Å². The maximum atomic E-state index is 11.4. The number of benzene rings is 1. The number of aromatic carboxylic acids is 1. The van der Waals surface area contributed by atoms with E-state index in [0.29, 0.717) is 24.4 Å². The van der Waals surface area contributed by atoms with Gasteiger partial charge in [-0.25, -0.2) is 9.78 Å². The summed E-state index contributed by atoms with van der Waals surface area (Å²) < 4.78 is 7.18. The van der Waals surface area contributed by atoms with Gasteiger partial charge >= 0.3 is 5.97 Å². The highest BCUT2D eigenvalue weighted by Gasteiger charge is 2.17. The minimum absolute atomic E-state index is 0.197. The normalized spacial score (nSPS) is 10.7. The topological polar surface area (TPSA) is 63.8 Å². The zero-order chi connectivity index (χ0) is 14.7. The number of carboxylic acids is 1. The standard InChI is InChI=1S/C16H14N2O3/c19-16(20)15-13(17-14-8-4-5-10-18(14)15)9-11-21-12-6-2-1-3-7-12/h1-8,10H,9,11H2,(H,19,20). The lowest BCUT2D eigenvalue weighted by atomic mass is 10.2. The monoisotopic (exact) mass is 282 g/mol. The van der Waals surface area contributed by atoms with Crippen LogP contribution in [0.1, 0.15) is 16.2 Å². The number of carbonyl (C=O) groups is 1. The van der Waals surface area contributed by atoms with E-state index in [9.17, 15) is 9.90 Å². The van der Waals surface area contributed by atoms with E-state index in [4.69, 9.17) is 4.74 Å². The number of nitrogens with zero attached hydrogens (tertiary/aromatic N) is 2. The first-order chi connectivity index (χ1) is 10.3. The molecule has 5 nitrogen and oxygen atoms in total. The number of rotatable bonds is 5. The molecule has 0 radical (unpaired) electrons. The fourth-order valence-corrected chi connectivity index (χ4v) is 2.23. The van der Waals surface area contributed by atoms with Crippen molar-refractivity contribution in [2.45, 2.75) is 6.42 Å². The first kappa shape index (κ1) is 13.2. The molecule has 0 unspecified atom stereocenters. The molecule has 2 aromatic heterocycles. The molecule has 0 saturated heterocycles. The lowest BCUT2D eigenvalue weighted by Gasteiger charge is -2.05. The van der Waals surface area contributed by atoms with Gasteiger partial charge in [-0.1, -0.05) is 24.3 Å². The number of aromatic nitrogens is 2. The molecule has 1 aromatic carbocycles. The summed E-state index contributed by atoms with van der Waals surface area (Å²) in [5.74, 6) is -0.221. The van der Waals surface area contributed by atoms with Gasteiger partial charge in [-0.2, -0.15) is 0 Å². The Morgan fingerprint density at radius 3 is 2.67 bits per heavy atom. The molecule has 1 N–H and O–H groups in total. The van der Waals surface area contributed by atoms with Crippen molar-refractivity contribution in [3.63, 3.8) is 0 Å². The Bertz CT molecular complexity index is 766. The second-order valence-corrected chi connectivity index (χ2v) is 4.55. The van der Waals surface area contributed by atoms with E-state index in [2.05, 4.69) is 4.98 Å². The minimum Gasteiger partial charge on any atom is -0.493 e. The third-order valence-corrected chi connectivity index (χ3v) is 3.16. The van der Waals surface area contributed by atoms with Gasteiger partial charge in [0, 0.05) is 12.6 Å². The van der Waals surface area contributed by atoms with Crippen LogP contribution in [0.3, 0.4) is 0 Å². The number of hydrogen-bond donors (Lipinski definition) is 1. The molecule has 5 heteroatoms. The lowest BCUT2D eigenvalue weighted by Crippen LogP contribution is -2.09. The largest absolute Gasteiger partial charge is 0.493 e. The Morgan fingerprint density at radius 1 is 1.14 bits per heavy atom. The van der Waals surface area contributed by atoms with Crippen LogP contribution in [0.5, 0.6) is 5.75 Å². The SMILES string of the molecule is O=C(O)c1c(CCOc2ccccc2)nc2ccccn12. The fraction of sp³-hybridized carbons (Fsp3) is 0.125. The van der Waals surface area contributed by atoms with Crippen LogP contribution in [0.25, 0.3) is 5.65 Å². The molecule has 0 spiro atoms. The predicted octanol–water partition coefficient (Wildman–Crippen LogP) is 2.65. The third-order valence-electron chi connectivity index (χ3n) is 3.16. The summed E-state index contributed by atoms with van der Waals surface area (Å²) in [6.45, 7) is 0.383. The van der Waals surface area contributed by atoms with E-state index in [1.807, 2.05) is 36.4 Å². The van der Waals surface area contributed by atoms with Crippen LogP contribution >= 0.6 is 0 Å². The first-order valence-electron chi connectivity index (χ1n) is 6.63. The number of para-hydroxylation sites is 1. The van der Waals surface area contributed by atoms with Crippen LogP contribution < -0.4 is 4.74 Å². The third kappa shape index (κ3) is 2.72. The molecule has 3 aromatic rings. The van der Waals surface area contributed by atoms with Crippen molar-refractivity contribution in [1.82, 2.24) is 9.38 Å². The van der Waals surface area contributed by atoms with Gasteiger partial charge in [0.2, 0.25) is 0 Å². The number of hydrogen-bond acceptors (Lipinski definition) is 3. The lowest BCUT2D eigenvalue weighted by molar-refractivity contribution is 0.0688. The van der Waals surface area contributed by atoms with Gasteiger partial charge in [-0.05, 0) is 24.3 Å². The van der Waals surface area contributed by atoms with E-state index in [1.54, 1.807) is 22.7 Å². The predicted molar refractivity (Wildman–Crippen MR) is 77.8 cm³/mol. The number of carboxylic acid groups (broad SMARTS) is 1. The molecule has 0 aliphatic heterocycles. The Kier molecular flexibility index (Phi) is 3.55. The summed E-state index contributed by atoms with van der Waals surface area (Å²) in [6, 6.07) is 14.8. The second kappa shape index (κ2) is 5.66. The van der Waals surface area contributed by atoms with Gasteiger partial charge < -0.3 is 9.84 Å². The van der Waals surface area contributed by atoms with Gasteiger partial charge in [0.25, 0.3) is 0 Å². The van der Waals surface area contributed by atoms with Crippen molar-refractivity contribution < 1.29 is 14.6 Å². The highest BCUT2D eigenvalue weighted by Crippen LogP contribution is 2.14. The summed E-state index contributed by atoms with van der Waals surface area (Å²) in [7, 11) is 0. The van der Waals surface area contributed by atoms with Gasteiger partial charge in [0.05, 0.1) is 12.3 Å². The molecule has 2 heterocycles. The van der Waals surface area contributed by atoms with Gasteiger partial charge in [-0.15, -0.1) is 0 Å². The molecule has 0 saturated carbocycles. The van der Waals surface area contributed by atoms with Crippen molar-refractivity contribution in [2.24, 2.45) is 0 Å². The summed E-state index contributed by atoms with van der Waals surface area (Å²) in [5.41, 5.74) is 1.36. The molecule has 0 aliphatic carbocycles. The van der Waals surface area contributed by atoms with Crippen molar-refractivity contribution in [3.8, 4) is 5.75 Å². The quantitative estimate of drug-likeness (QED) is 0.781. The molecule has 0 bridgehead atoms. The van der Waals surface area contributed by atoms with Crippen LogP contribution in [0.4, 0.5) is 0 Å². The first-order valence-corrected chi connectivity index (χ1v) is 6.63. The molecule has 0 atom stereocenters. The average Bonchev–Trinajstić information content (AvgIpc) is 2.86. The van der Waals surface area contributed by atoms with E-state index < -0.39 is 5.97 Å². The van der Waals surface area contributed by atoms with E-state index >= 15 is 0 Å². The molecule has 0 amide bonds. The molecule has 106 valence electrons. The summed E-state index contributed by atoms with van der Waals surface area (Å²) in [6.07, 6.45) is 2.14. The summed E-state index contributed by atoms with van der Waals surface area (Å²) in [5, 5.41) is 9.37. The molecular weight excluding hydrogens is 268 g/mol. The summed E-state index contributed by atoms with van der Waals surface area (Å²) in [4.78, 5) is 15.8. The molecule has 3 rings (SSSR count). The molecule has 21 heavy (non-hydrogen) atoms. The molecule has 0 fully saturated rings. The molecule has 0 aliphatic rings. The van der Waals surface area contributed by atoms with Crippen molar-refractivity contribution in [2.75, 3.05) is 6.61 Å². The van der Waals surface area contributed by atoms with Crippen LogP contribution in [-0.4, -0.2) is 27.1 Å².